The van der Waals surface area contributed by atoms with Gasteiger partial charge >= 0.3 is 5.97 Å². The fourth-order valence-electron chi connectivity index (χ4n) is 2.59. The Kier molecular flexibility index (Phi) is 2.81. The number of carbonyl (C=O) groups is 1. The van der Waals surface area contributed by atoms with Crippen LogP contribution in [0.4, 0.5) is 4.39 Å². The van der Waals surface area contributed by atoms with Crippen molar-refractivity contribution >= 4 is 5.97 Å². The summed E-state index contributed by atoms with van der Waals surface area (Å²) in [5.74, 6) is -1.67. The maximum atomic E-state index is 14.0. The molecule has 98 valence electrons. The van der Waals surface area contributed by atoms with Gasteiger partial charge in [-0.15, -0.1) is 0 Å². The first-order valence-electron chi connectivity index (χ1n) is 6.26. The minimum Gasteiger partial charge on any atom is -0.478 e. The van der Waals surface area contributed by atoms with Crippen molar-refractivity contribution in [3.8, 4) is 5.69 Å². The smallest absolute Gasteiger partial charge is 0.337 e. The van der Waals surface area contributed by atoms with Gasteiger partial charge in [0.05, 0.1) is 23.3 Å². The Labute approximate surface area is 109 Å². The number of para-hydroxylation sites is 1. The second kappa shape index (κ2) is 4.50. The van der Waals surface area contributed by atoms with Gasteiger partial charge < -0.3 is 5.11 Å². The first-order valence-corrected chi connectivity index (χ1v) is 6.26. The highest BCUT2D eigenvalue weighted by Crippen LogP contribution is 2.26. The van der Waals surface area contributed by atoms with Crippen molar-refractivity contribution in [1.29, 1.82) is 0 Å². The Morgan fingerprint density at radius 3 is 2.89 bits per heavy atom. The van der Waals surface area contributed by atoms with E-state index in [9.17, 15) is 14.3 Å². The fraction of sp³-hybridized carbons (Fsp3) is 0.286. The van der Waals surface area contributed by atoms with Gasteiger partial charge in [0.15, 0.2) is 0 Å². The molecule has 2 aromatic rings. The van der Waals surface area contributed by atoms with Crippen molar-refractivity contribution in [2.24, 2.45) is 0 Å². The van der Waals surface area contributed by atoms with E-state index in [4.69, 9.17) is 0 Å². The number of nitrogens with zero attached hydrogens (tertiary/aromatic N) is 2. The molecular formula is C14H13FN2O2. The lowest BCUT2D eigenvalue weighted by Gasteiger charge is -2.15. The lowest BCUT2D eigenvalue weighted by Crippen LogP contribution is -2.12. The van der Waals surface area contributed by atoms with Gasteiger partial charge in [0.1, 0.15) is 5.82 Å². The molecule has 5 heteroatoms. The van der Waals surface area contributed by atoms with E-state index >= 15 is 0 Å². The van der Waals surface area contributed by atoms with E-state index in [1.165, 1.54) is 24.5 Å². The normalized spacial score (nSPS) is 14.2. The minimum absolute atomic E-state index is 0.0363. The first-order chi connectivity index (χ1) is 9.18. The molecule has 1 aliphatic carbocycles. The van der Waals surface area contributed by atoms with Crippen molar-refractivity contribution in [3.63, 3.8) is 0 Å². The van der Waals surface area contributed by atoms with Crippen molar-refractivity contribution in [2.75, 3.05) is 0 Å². The molecule has 1 aromatic heterocycles. The molecule has 0 amide bonds. The Morgan fingerprint density at radius 1 is 1.32 bits per heavy atom. The Morgan fingerprint density at radius 2 is 2.11 bits per heavy atom. The quantitative estimate of drug-likeness (QED) is 0.903. The number of fused-ring (bicyclic) bond motifs is 1. The van der Waals surface area contributed by atoms with Crippen LogP contribution in [0.1, 0.15) is 34.6 Å². The Bertz CT molecular complexity index is 649. The van der Waals surface area contributed by atoms with Crippen molar-refractivity contribution < 1.29 is 14.3 Å². The molecule has 1 N–H and O–H groups in total. The Hall–Kier alpha value is -2.17. The maximum Gasteiger partial charge on any atom is 0.337 e. The highest BCUT2D eigenvalue weighted by Gasteiger charge is 2.22. The van der Waals surface area contributed by atoms with Crippen molar-refractivity contribution in [3.05, 3.63) is 47.3 Å². The molecule has 1 heterocycles. The minimum atomic E-state index is -1.13. The lowest BCUT2D eigenvalue weighted by molar-refractivity contribution is 0.0696. The third-order valence-corrected chi connectivity index (χ3v) is 3.49. The molecule has 0 bridgehead atoms. The number of rotatable bonds is 2. The van der Waals surface area contributed by atoms with Crippen LogP contribution in [0.2, 0.25) is 0 Å². The molecule has 0 fully saturated rings. The predicted molar refractivity (Wildman–Crippen MR) is 67.1 cm³/mol. The van der Waals surface area contributed by atoms with Crippen LogP contribution in [0.15, 0.2) is 24.5 Å². The molecule has 0 aliphatic heterocycles. The van der Waals surface area contributed by atoms with Crippen molar-refractivity contribution in [1.82, 2.24) is 9.55 Å². The number of carboxylic acids is 1. The third kappa shape index (κ3) is 1.91. The van der Waals surface area contributed by atoms with E-state index in [1.54, 1.807) is 4.57 Å². The van der Waals surface area contributed by atoms with E-state index in [1.807, 2.05) is 0 Å². The molecule has 0 atom stereocenters. The van der Waals surface area contributed by atoms with Crippen LogP contribution in [-0.2, 0) is 12.8 Å². The number of aromatic carboxylic acids is 1. The highest BCUT2D eigenvalue weighted by atomic mass is 19.1. The Balaban J connectivity index is 2.22. The van der Waals surface area contributed by atoms with E-state index in [0.717, 1.165) is 37.1 Å². The SMILES string of the molecule is O=C(O)c1cccc(F)c1-n1cnc2c1CCCC2. The van der Waals surface area contributed by atoms with Crippen LogP contribution in [0.5, 0.6) is 0 Å². The number of halogens is 1. The average molecular weight is 260 g/mol. The van der Waals surface area contributed by atoms with Crippen LogP contribution >= 0.6 is 0 Å². The van der Waals surface area contributed by atoms with E-state index < -0.39 is 11.8 Å². The number of imidazole rings is 1. The summed E-state index contributed by atoms with van der Waals surface area (Å²) in [6.45, 7) is 0. The molecule has 4 nitrogen and oxygen atoms in total. The summed E-state index contributed by atoms with van der Waals surface area (Å²) in [7, 11) is 0. The largest absolute Gasteiger partial charge is 0.478 e. The zero-order valence-corrected chi connectivity index (χ0v) is 10.3. The van der Waals surface area contributed by atoms with Crippen LogP contribution in [0, 0.1) is 5.82 Å². The maximum absolute atomic E-state index is 14.0. The second-order valence-corrected chi connectivity index (χ2v) is 4.66. The van der Waals surface area contributed by atoms with Crippen LogP contribution in [0.3, 0.4) is 0 Å². The van der Waals surface area contributed by atoms with Crippen molar-refractivity contribution in [2.45, 2.75) is 25.7 Å². The van der Waals surface area contributed by atoms with Gasteiger partial charge in [-0.25, -0.2) is 14.2 Å². The molecule has 1 aliphatic rings. The molecule has 3 rings (SSSR count). The summed E-state index contributed by atoms with van der Waals surface area (Å²) < 4.78 is 15.6. The summed E-state index contributed by atoms with van der Waals surface area (Å²) in [6, 6.07) is 4.10. The molecular weight excluding hydrogens is 247 g/mol. The number of carboxylic acid groups (broad SMARTS) is 1. The van der Waals surface area contributed by atoms with Crippen LogP contribution in [0.25, 0.3) is 5.69 Å². The summed E-state index contributed by atoms with van der Waals surface area (Å²) in [5, 5.41) is 9.19. The summed E-state index contributed by atoms with van der Waals surface area (Å²) in [6.07, 6.45) is 5.31. The van der Waals surface area contributed by atoms with Gasteiger partial charge in [-0.3, -0.25) is 4.57 Å². The van der Waals surface area contributed by atoms with Gasteiger partial charge in [-0.05, 0) is 37.8 Å². The fourth-order valence-corrected chi connectivity index (χ4v) is 2.59. The summed E-state index contributed by atoms with van der Waals surface area (Å²) >= 11 is 0. The standard InChI is InChI=1S/C14H13FN2O2/c15-10-5-3-4-9(14(18)19)13(10)17-8-16-11-6-1-2-7-12(11)17/h3-5,8H,1-2,6-7H2,(H,18,19). The van der Waals surface area contributed by atoms with E-state index in [0.29, 0.717) is 0 Å². The zero-order valence-electron chi connectivity index (χ0n) is 10.3. The summed E-state index contributed by atoms with van der Waals surface area (Å²) in [4.78, 5) is 15.5. The molecule has 1 aromatic carbocycles. The topological polar surface area (TPSA) is 55.1 Å². The molecule has 0 saturated carbocycles. The molecule has 0 unspecified atom stereocenters. The van der Waals surface area contributed by atoms with Gasteiger partial charge in [0.25, 0.3) is 0 Å². The number of hydrogen-bond donors (Lipinski definition) is 1. The average Bonchev–Trinajstić information content (AvgIpc) is 2.82. The first kappa shape index (κ1) is 11.9. The zero-order chi connectivity index (χ0) is 13.4. The summed E-state index contributed by atoms with van der Waals surface area (Å²) in [5.41, 5.74) is 1.93. The van der Waals surface area contributed by atoms with Crippen LogP contribution in [-0.4, -0.2) is 20.6 Å². The molecule has 0 spiro atoms. The van der Waals surface area contributed by atoms with Gasteiger partial charge in [0, 0.05) is 5.69 Å². The van der Waals surface area contributed by atoms with E-state index in [2.05, 4.69) is 4.98 Å². The molecule has 19 heavy (non-hydrogen) atoms. The number of benzene rings is 1. The number of aromatic nitrogens is 2. The number of aryl methyl sites for hydroxylation is 1. The van der Waals surface area contributed by atoms with Gasteiger partial charge in [-0.2, -0.15) is 0 Å². The second-order valence-electron chi connectivity index (χ2n) is 4.66. The molecule has 0 saturated heterocycles. The van der Waals surface area contributed by atoms with Gasteiger partial charge in [0.2, 0.25) is 0 Å². The van der Waals surface area contributed by atoms with Gasteiger partial charge in [-0.1, -0.05) is 6.07 Å². The lowest BCUT2D eigenvalue weighted by atomic mass is 10.0. The van der Waals surface area contributed by atoms with Crippen LogP contribution < -0.4 is 0 Å². The number of hydrogen-bond acceptors (Lipinski definition) is 2. The van der Waals surface area contributed by atoms with E-state index in [-0.39, 0.29) is 11.3 Å². The highest BCUT2D eigenvalue weighted by molar-refractivity contribution is 5.92. The third-order valence-electron chi connectivity index (χ3n) is 3.49. The predicted octanol–water partition coefficient (Wildman–Crippen LogP) is 2.59. The molecule has 0 radical (unpaired) electrons. The monoisotopic (exact) mass is 260 g/mol.